The van der Waals surface area contributed by atoms with Gasteiger partial charge in [0.1, 0.15) is 5.76 Å². The lowest BCUT2D eigenvalue weighted by Crippen LogP contribution is -2.43. The van der Waals surface area contributed by atoms with Crippen molar-refractivity contribution in [3.05, 3.63) is 23.7 Å². The summed E-state index contributed by atoms with van der Waals surface area (Å²) in [5.41, 5.74) is 2.67. The molecule has 1 aliphatic rings. The summed E-state index contributed by atoms with van der Waals surface area (Å²) in [6.07, 6.45) is 3.85. The van der Waals surface area contributed by atoms with E-state index in [1.807, 2.05) is 0 Å². The number of hydrogen-bond acceptors (Lipinski definition) is 5. The van der Waals surface area contributed by atoms with E-state index in [4.69, 9.17) is 10.3 Å². The van der Waals surface area contributed by atoms with Crippen molar-refractivity contribution >= 4 is 5.91 Å². The molecule has 0 atom stereocenters. The van der Waals surface area contributed by atoms with Gasteiger partial charge in [-0.2, -0.15) is 0 Å². The van der Waals surface area contributed by atoms with Gasteiger partial charge in [-0.3, -0.25) is 15.1 Å². The van der Waals surface area contributed by atoms with Crippen LogP contribution >= 0.6 is 0 Å². The number of nitrogens with zero attached hydrogens (tertiary/aromatic N) is 2. The van der Waals surface area contributed by atoms with E-state index in [1.54, 1.807) is 6.07 Å². The number of piperidine rings is 1. The van der Waals surface area contributed by atoms with Crippen LogP contribution in [0.3, 0.4) is 0 Å². The molecule has 6 heteroatoms. The van der Waals surface area contributed by atoms with Crippen molar-refractivity contribution in [1.29, 1.82) is 0 Å². The Labute approximate surface area is 119 Å². The highest BCUT2D eigenvalue weighted by Gasteiger charge is 2.23. The van der Waals surface area contributed by atoms with E-state index in [-0.39, 0.29) is 5.91 Å². The fraction of sp³-hybridized carbons (Fsp3) is 0.643. The van der Waals surface area contributed by atoms with Crippen molar-refractivity contribution in [2.75, 3.05) is 26.7 Å². The van der Waals surface area contributed by atoms with Crippen molar-refractivity contribution in [2.24, 2.45) is 5.84 Å². The predicted molar refractivity (Wildman–Crippen MR) is 77.0 cm³/mol. The number of carbonyl (C=O) groups excluding carboxylic acids is 1. The fourth-order valence-electron chi connectivity index (χ4n) is 2.78. The monoisotopic (exact) mass is 280 g/mol. The van der Waals surface area contributed by atoms with Gasteiger partial charge in [-0.15, -0.1) is 0 Å². The topological polar surface area (TPSA) is 74.7 Å². The highest BCUT2D eigenvalue weighted by atomic mass is 16.3. The molecule has 0 bridgehead atoms. The Balaban J connectivity index is 1.93. The lowest BCUT2D eigenvalue weighted by atomic mass is 10.0. The molecule has 0 aliphatic carbocycles. The van der Waals surface area contributed by atoms with Gasteiger partial charge in [0.25, 0.3) is 5.91 Å². The first-order valence-corrected chi connectivity index (χ1v) is 7.15. The Hall–Kier alpha value is -1.37. The van der Waals surface area contributed by atoms with Gasteiger partial charge in [0.15, 0.2) is 0 Å². The van der Waals surface area contributed by atoms with Crippen LogP contribution in [0.4, 0.5) is 0 Å². The Morgan fingerprint density at radius 2 is 2.25 bits per heavy atom. The zero-order valence-corrected chi connectivity index (χ0v) is 12.3. The average molecular weight is 280 g/mol. The first-order chi connectivity index (χ1) is 9.65. The van der Waals surface area contributed by atoms with Crippen molar-refractivity contribution in [3.63, 3.8) is 0 Å². The number of likely N-dealkylation sites (tertiary alicyclic amines) is 1. The first-order valence-electron chi connectivity index (χ1n) is 7.15. The molecule has 0 aromatic carbocycles. The molecule has 20 heavy (non-hydrogen) atoms. The SMILES string of the molecule is CCN1CCC(N(C)Cc2occc2C(=O)NN)CC1. The number of carbonyl (C=O) groups is 1. The molecular formula is C14H24N4O2. The van der Waals surface area contributed by atoms with E-state index < -0.39 is 0 Å². The molecule has 1 aliphatic heterocycles. The quantitative estimate of drug-likeness (QED) is 0.474. The molecule has 0 saturated carbocycles. The number of rotatable bonds is 5. The van der Waals surface area contributed by atoms with Gasteiger partial charge < -0.3 is 9.32 Å². The Bertz CT molecular complexity index is 438. The van der Waals surface area contributed by atoms with Crippen LogP contribution in [0.2, 0.25) is 0 Å². The normalized spacial score (nSPS) is 17.6. The number of nitrogen functional groups attached to an aromatic ring is 1. The summed E-state index contributed by atoms with van der Waals surface area (Å²) < 4.78 is 5.42. The molecule has 2 heterocycles. The summed E-state index contributed by atoms with van der Waals surface area (Å²) in [7, 11) is 2.08. The summed E-state index contributed by atoms with van der Waals surface area (Å²) in [5.74, 6) is 5.55. The maximum atomic E-state index is 11.6. The molecule has 6 nitrogen and oxygen atoms in total. The van der Waals surface area contributed by atoms with Crippen LogP contribution < -0.4 is 11.3 Å². The van der Waals surface area contributed by atoms with Gasteiger partial charge in [-0.1, -0.05) is 6.92 Å². The summed E-state index contributed by atoms with van der Waals surface area (Å²) >= 11 is 0. The molecule has 2 rings (SSSR count). The second-order valence-electron chi connectivity index (χ2n) is 5.31. The molecule has 0 unspecified atom stereocenters. The molecule has 1 aromatic heterocycles. The minimum Gasteiger partial charge on any atom is -0.467 e. The number of furan rings is 1. The second kappa shape index (κ2) is 6.88. The van der Waals surface area contributed by atoms with E-state index in [0.29, 0.717) is 23.9 Å². The van der Waals surface area contributed by atoms with E-state index in [9.17, 15) is 4.79 Å². The molecule has 1 fully saturated rings. The Morgan fingerprint density at radius 3 is 2.85 bits per heavy atom. The number of nitrogens with one attached hydrogen (secondary N) is 1. The highest BCUT2D eigenvalue weighted by molar-refractivity contribution is 5.94. The number of hydrazine groups is 1. The van der Waals surface area contributed by atoms with Crippen molar-refractivity contribution in [2.45, 2.75) is 32.4 Å². The van der Waals surface area contributed by atoms with Gasteiger partial charge in [-0.05, 0) is 45.6 Å². The van der Waals surface area contributed by atoms with Crippen LogP contribution in [0.5, 0.6) is 0 Å². The zero-order valence-electron chi connectivity index (χ0n) is 12.3. The molecule has 112 valence electrons. The maximum Gasteiger partial charge on any atom is 0.268 e. The molecule has 0 spiro atoms. The van der Waals surface area contributed by atoms with E-state index in [1.165, 1.54) is 6.26 Å². The van der Waals surface area contributed by atoms with Gasteiger partial charge in [0.2, 0.25) is 0 Å². The smallest absolute Gasteiger partial charge is 0.268 e. The van der Waals surface area contributed by atoms with Crippen LogP contribution in [-0.4, -0.2) is 48.4 Å². The molecular weight excluding hydrogens is 256 g/mol. The Kier molecular flexibility index (Phi) is 5.17. The van der Waals surface area contributed by atoms with Crippen molar-refractivity contribution in [1.82, 2.24) is 15.2 Å². The standard InChI is InChI=1S/C14H24N4O2/c1-3-18-7-4-11(5-8-18)17(2)10-13-12(6-9-20-13)14(19)16-15/h6,9,11H,3-5,7-8,10,15H2,1-2H3,(H,16,19). The van der Waals surface area contributed by atoms with Gasteiger partial charge in [0, 0.05) is 6.04 Å². The van der Waals surface area contributed by atoms with Crippen LogP contribution in [-0.2, 0) is 6.54 Å². The zero-order chi connectivity index (χ0) is 14.5. The van der Waals surface area contributed by atoms with E-state index in [2.05, 4.69) is 29.2 Å². The first kappa shape index (κ1) is 15.0. The maximum absolute atomic E-state index is 11.6. The third-order valence-electron chi connectivity index (χ3n) is 4.14. The minimum atomic E-state index is -0.303. The van der Waals surface area contributed by atoms with Crippen molar-refractivity contribution in [3.8, 4) is 0 Å². The third-order valence-corrected chi connectivity index (χ3v) is 4.14. The molecule has 1 amide bonds. The largest absolute Gasteiger partial charge is 0.467 e. The molecule has 3 N–H and O–H groups in total. The van der Waals surface area contributed by atoms with Crippen LogP contribution in [0.1, 0.15) is 35.9 Å². The lowest BCUT2D eigenvalue weighted by Gasteiger charge is -2.36. The molecule has 1 aromatic rings. The number of hydrogen-bond donors (Lipinski definition) is 2. The third kappa shape index (κ3) is 3.39. The minimum absolute atomic E-state index is 0.303. The van der Waals surface area contributed by atoms with E-state index >= 15 is 0 Å². The van der Waals surface area contributed by atoms with Crippen LogP contribution in [0.25, 0.3) is 0 Å². The average Bonchev–Trinajstić information content (AvgIpc) is 2.94. The number of amides is 1. The summed E-state index contributed by atoms with van der Waals surface area (Å²) in [5, 5.41) is 0. The fourth-order valence-corrected chi connectivity index (χ4v) is 2.78. The van der Waals surface area contributed by atoms with Gasteiger partial charge >= 0.3 is 0 Å². The molecule has 1 saturated heterocycles. The second-order valence-corrected chi connectivity index (χ2v) is 5.31. The van der Waals surface area contributed by atoms with Gasteiger partial charge in [-0.25, -0.2) is 5.84 Å². The van der Waals surface area contributed by atoms with Gasteiger partial charge in [0.05, 0.1) is 18.4 Å². The highest BCUT2D eigenvalue weighted by Crippen LogP contribution is 2.19. The summed E-state index contributed by atoms with van der Waals surface area (Å²) in [6.45, 7) is 6.23. The Morgan fingerprint density at radius 1 is 1.55 bits per heavy atom. The van der Waals surface area contributed by atoms with E-state index in [0.717, 1.165) is 32.5 Å². The van der Waals surface area contributed by atoms with Crippen LogP contribution in [0, 0.1) is 0 Å². The molecule has 0 radical (unpaired) electrons. The number of nitrogens with two attached hydrogens (primary N) is 1. The summed E-state index contributed by atoms with van der Waals surface area (Å²) in [4.78, 5) is 16.3. The van der Waals surface area contributed by atoms with Crippen LogP contribution in [0.15, 0.2) is 16.7 Å². The van der Waals surface area contributed by atoms with Crippen molar-refractivity contribution < 1.29 is 9.21 Å². The summed E-state index contributed by atoms with van der Waals surface area (Å²) in [6, 6.07) is 2.20. The predicted octanol–water partition coefficient (Wildman–Crippen LogP) is 0.799. The lowest BCUT2D eigenvalue weighted by molar-refractivity contribution is 0.0944.